The topological polar surface area (TPSA) is 38.5 Å². The van der Waals surface area contributed by atoms with Gasteiger partial charge in [0.05, 0.1) is 12.1 Å². The Kier molecular flexibility index (Phi) is 4.11. The molecule has 100 valence electrons. The van der Waals surface area contributed by atoms with E-state index in [-0.39, 0.29) is 5.54 Å². The summed E-state index contributed by atoms with van der Waals surface area (Å²) in [5.41, 5.74) is 6.26. The standard InChI is InChI=1S/C14H28N2O/c1-11-6-12(2)8-16(7-11)14(9-15,10-17-3)13-4-5-13/h11-13H,4-10,15H2,1-3H3. The predicted molar refractivity (Wildman–Crippen MR) is 70.9 cm³/mol. The van der Waals surface area contributed by atoms with E-state index in [1.807, 2.05) is 7.11 Å². The first-order valence-corrected chi connectivity index (χ1v) is 7.06. The number of likely N-dealkylation sites (tertiary alicyclic amines) is 1. The minimum atomic E-state index is 0.123. The molecule has 3 unspecified atom stereocenters. The molecule has 0 aromatic carbocycles. The molecule has 3 atom stereocenters. The van der Waals surface area contributed by atoms with Crippen molar-refractivity contribution < 1.29 is 4.74 Å². The van der Waals surface area contributed by atoms with Gasteiger partial charge in [-0.25, -0.2) is 0 Å². The molecule has 17 heavy (non-hydrogen) atoms. The third kappa shape index (κ3) is 2.67. The van der Waals surface area contributed by atoms with Gasteiger partial charge in [-0.2, -0.15) is 0 Å². The van der Waals surface area contributed by atoms with Gasteiger partial charge < -0.3 is 10.5 Å². The van der Waals surface area contributed by atoms with Crippen LogP contribution in [0.5, 0.6) is 0 Å². The largest absolute Gasteiger partial charge is 0.383 e. The highest BCUT2D eigenvalue weighted by Crippen LogP contribution is 2.44. The molecule has 0 spiro atoms. The van der Waals surface area contributed by atoms with E-state index >= 15 is 0 Å². The van der Waals surface area contributed by atoms with Gasteiger partial charge in [-0.05, 0) is 37.0 Å². The Bertz CT molecular complexity index is 245. The van der Waals surface area contributed by atoms with Crippen LogP contribution in [0.2, 0.25) is 0 Å². The maximum absolute atomic E-state index is 6.13. The lowest BCUT2D eigenvalue weighted by atomic mass is 9.84. The summed E-state index contributed by atoms with van der Waals surface area (Å²) in [4.78, 5) is 2.65. The summed E-state index contributed by atoms with van der Waals surface area (Å²) in [5.74, 6) is 2.35. The summed E-state index contributed by atoms with van der Waals surface area (Å²) in [6, 6.07) is 0. The molecule has 1 aliphatic carbocycles. The van der Waals surface area contributed by atoms with Crippen LogP contribution in [0.3, 0.4) is 0 Å². The van der Waals surface area contributed by atoms with E-state index < -0.39 is 0 Å². The number of rotatable bonds is 5. The average Bonchev–Trinajstić information content (AvgIpc) is 3.08. The molecule has 3 heteroatoms. The molecule has 2 rings (SSSR count). The fourth-order valence-corrected chi connectivity index (χ4v) is 3.72. The van der Waals surface area contributed by atoms with Crippen molar-refractivity contribution in [1.29, 1.82) is 0 Å². The van der Waals surface area contributed by atoms with Crippen molar-refractivity contribution in [2.24, 2.45) is 23.5 Å². The summed E-state index contributed by atoms with van der Waals surface area (Å²) in [5, 5.41) is 0. The third-order valence-corrected chi connectivity index (χ3v) is 4.58. The van der Waals surface area contributed by atoms with E-state index in [1.165, 1.54) is 32.4 Å². The van der Waals surface area contributed by atoms with Crippen LogP contribution < -0.4 is 5.73 Å². The van der Waals surface area contributed by atoms with Crippen LogP contribution in [0.1, 0.15) is 33.1 Å². The number of hydrogen-bond acceptors (Lipinski definition) is 3. The Morgan fingerprint density at radius 1 is 1.24 bits per heavy atom. The van der Waals surface area contributed by atoms with Crippen LogP contribution >= 0.6 is 0 Å². The Morgan fingerprint density at radius 2 is 1.82 bits per heavy atom. The van der Waals surface area contributed by atoms with Crippen LogP contribution in [0.4, 0.5) is 0 Å². The minimum Gasteiger partial charge on any atom is -0.383 e. The first kappa shape index (κ1) is 13.3. The molecule has 0 aromatic rings. The highest BCUT2D eigenvalue weighted by molar-refractivity contribution is 5.05. The van der Waals surface area contributed by atoms with E-state index in [0.717, 1.165) is 30.9 Å². The van der Waals surface area contributed by atoms with Crippen LogP contribution in [0, 0.1) is 17.8 Å². The fourth-order valence-electron chi connectivity index (χ4n) is 3.72. The Morgan fingerprint density at radius 3 is 2.24 bits per heavy atom. The summed E-state index contributed by atoms with van der Waals surface area (Å²) in [7, 11) is 1.81. The van der Waals surface area contributed by atoms with Gasteiger partial charge in [-0.15, -0.1) is 0 Å². The van der Waals surface area contributed by atoms with E-state index in [4.69, 9.17) is 10.5 Å². The van der Waals surface area contributed by atoms with Crippen LogP contribution in [-0.4, -0.2) is 43.8 Å². The molecular formula is C14H28N2O. The minimum absolute atomic E-state index is 0.123. The van der Waals surface area contributed by atoms with Crippen LogP contribution in [0.25, 0.3) is 0 Å². The lowest BCUT2D eigenvalue weighted by Crippen LogP contribution is -2.62. The fraction of sp³-hybridized carbons (Fsp3) is 1.00. The van der Waals surface area contributed by atoms with Crippen molar-refractivity contribution in [3.8, 4) is 0 Å². The normalized spacial score (nSPS) is 34.6. The van der Waals surface area contributed by atoms with Gasteiger partial charge in [-0.1, -0.05) is 13.8 Å². The van der Waals surface area contributed by atoms with Gasteiger partial charge in [0.15, 0.2) is 0 Å². The maximum Gasteiger partial charge on any atom is 0.0661 e. The number of hydrogen-bond donors (Lipinski definition) is 1. The van der Waals surface area contributed by atoms with E-state index in [1.54, 1.807) is 0 Å². The van der Waals surface area contributed by atoms with Crippen molar-refractivity contribution in [2.75, 3.05) is 33.4 Å². The Labute approximate surface area is 106 Å². The van der Waals surface area contributed by atoms with Crippen molar-refractivity contribution >= 4 is 0 Å². The number of nitrogens with two attached hydrogens (primary N) is 1. The molecule has 2 N–H and O–H groups in total. The highest BCUT2D eigenvalue weighted by atomic mass is 16.5. The van der Waals surface area contributed by atoms with Gasteiger partial charge in [0.25, 0.3) is 0 Å². The zero-order valence-corrected chi connectivity index (χ0v) is 11.6. The molecule has 1 aliphatic heterocycles. The summed E-state index contributed by atoms with van der Waals surface area (Å²) >= 11 is 0. The zero-order valence-electron chi connectivity index (χ0n) is 11.6. The number of methoxy groups -OCH3 is 1. The molecule has 2 aliphatic rings. The monoisotopic (exact) mass is 240 g/mol. The van der Waals surface area contributed by atoms with E-state index in [0.29, 0.717) is 0 Å². The second kappa shape index (κ2) is 5.25. The highest BCUT2D eigenvalue weighted by Gasteiger charge is 2.49. The number of piperidine rings is 1. The first-order chi connectivity index (χ1) is 8.12. The maximum atomic E-state index is 6.13. The van der Waals surface area contributed by atoms with Gasteiger partial charge in [0, 0.05) is 26.7 Å². The molecule has 0 radical (unpaired) electrons. The molecule has 1 saturated heterocycles. The van der Waals surface area contributed by atoms with Gasteiger partial charge in [-0.3, -0.25) is 4.90 Å². The SMILES string of the molecule is COCC(CN)(C1CC1)N1CC(C)CC(C)C1. The summed E-state index contributed by atoms with van der Waals surface area (Å²) < 4.78 is 5.50. The lowest BCUT2D eigenvalue weighted by molar-refractivity contribution is -0.0338. The average molecular weight is 240 g/mol. The quantitative estimate of drug-likeness (QED) is 0.795. The number of ether oxygens (including phenoxy) is 1. The molecule has 0 amide bonds. The van der Waals surface area contributed by atoms with Gasteiger partial charge >= 0.3 is 0 Å². The van der Waals surface area contributed by atoms with Crippen molar-refractivity contribution in [3.63, 3.8) is 0 Å². The molecular weight excluding hydrogens is 212 g/mol. The number of nitrogens with zero attached hydrogens (tertiary/aromatic N) is 1. The van der Waals surface area contributed by atoms with Crippen LogP contribution in [-0.2, 0) is 4.74 Å². The van der Waals surface area contributed by atoms with Gasteiger partial charge in [0.1, 0.15) is 0 Å². The molecule has 3 nitrogen and oxygen atoms in total. The summed E-state index contributed by atoms with van der Waals surface area (Å²) in [6.07, 6.45) is 4.02. The van der Waals surface area contributed by atoms with Crippen molar-refractivity contribution in [1.82, 2.24) is 4.90 Å². The molecule has 2 fully saturated rings. The second-order valence-corrected chi connectivity index (χ2v) is 6.37. The van der Waals surface area contributed by atoms with Crippen LogP contribution in [0.15, 0.2) is 0 Å². The van der Waals surface area contributed by atoms with E-state index in [9.17, 15) is 0 Å². The van der Waals surface area contributed by atoms with Gasteiger partial charge in [0.2, 0.25) is 0 Å². The van der Waals surface area contributed by atoms with E-state index in [2.05, 4.69) is 18.7 Å². The Balaban J connectivity index is 2.13. The lowest BCUT2D eigenvalue weighted by Gasteiger charge is -2.48. The second-order valence-electron chi connectivity index (χ2n) is 6.37. The first-order valence-electron chi connectivity index (χ1n) is 7.06. The predicted octanol–water partition coefficient (Wildman–Crippen LogP) is 1.72. The molecule has 0 bridgehead atoms. The Hall–Kier alpha value is -0.120. The molecule has 0 aromatic heterocycles. The molecule has 1 saturated carbocycles. The smallest absolute Gasteiger partial charge is 0.0661 e. The molecule has 1 heterocycles. The van der Waals surface area contributed by atoms with Crippen molar-refractivity contribution in [2.45, 2.75) is 38.6 Å². The van der Waals surface area contributed by atoms with Crippen molar-refractivity contribution in [3.05, 3.63) is 0 Å². The third-order valence-electron chi connectivity index (χ3n) is 4.58. The summed E-state index contributed by atoms with van der Waals surface area (Å²) in [6.45, 7) is 8.66. The zero-order chi connectivity index (χ0) is 12.5.